The Kier molecular flexibility index (Phi) is 5.22. The van der Waals surface area contributed by atoms with Gasteiger partial charge in [-0.15, -0.1) is 0 Å². The monoisotopic (exact) mass is 453 g/mol. The lowest BCUT2D eigenvalue weighted by Gasteiger charge is -2.22. The summed E-state index contributed by atoms with van der Waals surface area (Å²) in [5, 5.41) is 3.76. The van der Waals surface area contributed by atoms with Gasteiger partial charge in [0.25, 0.3) is 0 Å². The van der Waals surface area contributed by atoms with Crippen LogP contribution in [0.2, 0.25) is 0 Å². The molecule has 0 fully saturated rings. The molecular formula is C34H31N. The molecule has 6 rings (SSSR count). The third-order valence-corrected chi connectivity index (χ3v) is 7.61. The van der Waals surface area contributed by atoms with Crippen molar-refractivity contribution >= 4 is 16.9 Å². The second-order valence-electron chi connectivity index (χ2n) is 10.4. The van der Waals surface area contributed by atoms with E-state index in [9.17, 15) is 0 Å². The van der Waals surface area contributed by atoms with E-state index in [1.54, 1.807) is 0 Å². The van der Waals surface area contributed by atoms with E-state index in [4.69, 9.17) is 0 Å². The molecule has 0 radical (unpaired) electrons. The molecule has 1 atom stereocenters. The predicted octanol–water partition coefficient (Wildman–Crippen LogP) is 9.38. The zero-order valence-electron chi connectivity index (χ0n) is 20.7. The first-order valence-electron chi connectivity index (χ1n) is 12.6. The minimum Gasteiger partial charge on any atom is -0.355 e. The quantitative estimate of drug-likeness (QED) is 0.324. The zero-order chi connectivity index (χ0) is 24.0. The molecule has 4 aromatic carbocycles. The molecule has 172 valence electrons. The summed E-state index contributed by atoms with van der Waals surface area (Å²) < 4.78 is 0. The molecule has 0 saturated carbocycles. The van der Waals surface area contributed by atoms with Crippen molar-refractivity contribution in [1.82, 2.24) is 0 Å². The molecule has 2 aliphatic rings. The SMILES string of the molecule is CC1C=CC(c2ccc(Nc3ccc4c(c3)C(C)(C)c3ccccc3-4)c(-c3ccccc3)c2)=CC1. The molecule has 0 aromatic heterocycles. The summed E-state index contributed by atoms with van der Waals surface area (Å²) in [6, 6.07) is 33.1. The van der Waals surface area contributed by atoms with Crippen LogP contribution in [0.15, 0.2) is 109 Å². The predicted molar refractivity (Wildman–Crippen MR) is 150 cm³/mol. The first kappa shape index (κ1) is 21.7. The van der Waals surface area contributed by atoms with Gasteiger partial charge in [0.2, 0.25) is 0 Å². The Hall–Kier alpha value is -3.84. The van der Waals surface area contributed by atoms with Crippen LogP contribution in [0.5, 0.6) is 0 Å². The Morgan fingerprint density at radius 3 is 2.29 bits per heavy atom. The molecule has 0 heterocycles. The number of allylic oxidation sites excluding steroid dienone is 4. The second-order valence-corrected chi connectivity index (χ2v) is 10.4. The van der Waals surface area contributed by atoms with Crippen LogP contribution in [-0.4, -0.2) is 0 Å². The van der Waals surface area contributed by atoms with Gasteiger partial charge in [-0.05, 0) is 75.6 Å². The van der Waals surface area contributed by atoms with Gasteiger partial charge in [-0.3, -0.25) is 0 Å². The first-order chi connectivity index (χ1) is 17.0. The number of rotatable bonds is 4. The molecule has 0 spiro atoms. The van der Waals surface area contributed by atoms with Crippen LogP contribution >= 0.6 is 0 Å². The summed E-state index contributed by atoms with van der Waals surface area (Å²) >= 11 is 0. The topological polar surface area (TPSA) is 12.0 Å². The van der Waals surface area contributed by atoms with Gasteiger partial charge in [-0.2, -0.15) is 0 Å². The van der Waals surface area contributed by atoms with Crippen molar-refractivity contribution in [3.05, 3.63) is 126 Å². The van der Waals surface area contributed by atoms with Crippen LogP contribution in [0.25, 0.3) is 27.8 Å². The summed E-state index contributed by atoms with van der Waals surface area (Å²) in [7, 11) is 0. The van der Waals surface area contributed by atoms with Crippen molar-refractivity contribution < 1.29 is 0 Å². The normalized spacial score (nSPS) is 17.5. The first-order valence-corrected chi connectivity index (χ1v) is 12.6. The van der Waals surface area contributed by atoms with E-state index in [2.05, 4.69) is 135 Å². The third-order valence-electron chi connectivity index (χ3n) is 7.61. The molecule has 4 aromatic rings. The van der Waals surface area contributed by atoms with Gasteiger partial charge in [0.05, 0.1) is 0 Å². The molecular weight excluding hydrogens is 422 g/mol. The molecule has 2 aliphatic carbocycles. The number of nitrogens with one attached hydrogen (secondary N) is 1. The van der Waals surface area contributed by atoms with Gasteiger partial charge >= 0.3 is 0 Å². The van der Waals surface area contributed by atoms with Crippen LogP contribution in [0.3, 0.4) is 0 Å². The number of anilines is 2. The molecule has 1 unspecified atom stereocenters. The van der Waals surface area contributed by atoms with Gasteiger partial charge < -0.3 is 5.32 Å². The molecule has 0 aliphatic heterocycles. The maximum absolute atomic E-state index is 3.76. The average molecular weight is 454 g/mol. The third kappa shape index (κ3) is 3.82. The van der Waals surface area contributed by atoms with Crippen molar-refractivity contribution in [2.75, 3.05) is 5.32 Å². The Morgan fingerprint density at radius 2 is 1.49 bits per heavy atom. The second kappa shape index (κ2) is 8.43. The highest BCUT2D eigenvalue weighted by Crippen LogP contribution is 2.49. The molecule has 1 heteroatoms. The highest BCUT2D eigenvalue weighted by molar-refractivity contribution is 5.88. The van der Waals surface area contributed by atoms with Crippen LogP contribution < -0.4 is 5.32 Å². The van der Waals surface area contributed by atoms with Crippen LogP contribution in [-0.2, 0) is 5.41 Å². The summed E-state index contributed by atoms with van der Waals surface area (Å²) in [5.41, 5.74) is 12.8. The molecule has 1 N–H and O–H groups in total. The summed E-state index contributed by atoms with van der Waals surface area (Å²) in [6.45, 7) is 6.93. The van der Waals surface area contributed by atoms with E-state index in [1.165, 1.54) is 44.5 Å². The number of fused-ring (bicyclic) bond motifs is 3. The largest absolute Gasteiger partial charge is 0.355 e. The lowest BCUT2D eigenvalue weighted by Crippen LogP contribution is -2.15. The zero-order valence-corrected chi connectivity index (χ0v) is 20.7. The van der Waals surface area contributed by atoms with Gasteiger partial charge in [-0.1, -0.05) is 106 Å². The lowest BCUT2D eigenvalue weighted by molar-refractivity contribution is 0.660. The Labute approximate surface area is 208 Å². The maximum Gasteiger partial charge on any atom is 0.0464 e. The highest BCUT2D eigenvalue weighted by Gasteiger charge is 2.35. The van der Waals surface area contributed by atoms with E-state index >= 15 is 0 Å². The number of hydrogen-bond donors (Lipinski definition) is 1. The van der Waals surface area contributed by atoms with Crippen molar-refractivity contribution in [1.29, 1.82) is 0 Å². The number of hydrogen-bond acceptors (Lipinski definition) is 1. The van der Waals surface area contributed by atoms with Gasteiger partial charge in [0.1, 0.15) is 0 Å². The molecule has 0 saturated heterocycles. The van der Waals surface area contributed by atoms with Crippen molar-refractivity contribution in [2.24, 2.45) is 5.92 Å². The fourth-order valence-corrected chi connectivity index (χ4v) is 5.57. The van der Waals surface area contributed by atoms with E-state index in [0.29, 0.717) is 5.92 Å². The fourth-order valence-electron chi connectivity index (χ4n) is 5.57. The van der Waals surface area contributed by atoms with Gasteiger partial charge in [0, 0.05) is 22.4 Å². The standard InChI is InChI=1S/C34H31N/c1-23-13-15-24(16-14-23)26-17-20-33(30(21-26)25-9-5-4-6-10-25)35-27-18-19-29-28-11-7-8-12-31(28)34(2,3)32(29)22-27/h4-13,15-23,35H,14H2,1-3H3. The van der Waals surface area contributed by atoms with E-state index in [1.807, 2.05) is 0 Å². The van der Waals surface area contributed by atoms with Crippen molar-refractivity contribution in [3.8, 4) is 22.3 Å². The molecule has 1 nitrogen and oxygen atoms in total. The molecule has 0 bridgehead atoms. The van der Waals surface area contributed by atoms with Crippen molar-refractivity contribution in [3.63, 3.8) is 0 Å². The summed E-state index contributed by atoms with van der Waals surface area (Å²) in [6.07, 6.45) is 8.04. The van der Waals surface area contributed by atoms with E-state index in [0.717, 1.165) is 17.8 Å². The fraction of sp³-hybridized carbons (Fsp3) is 0.176. The highest BCUT2D eigenvalue weighted by atomic mass is 14.9. The van der Waals surface area contributed by atoms with Crippen LogP contribution in [0, 0.1) is 5.92 Å². The summed E-state index contributed by atoms with van der Waals surface area (Å²) in [4.78, 5) is 0. The lowest BCUT2D eigenvalue weighted by atomic mass is 9.82. The van der Waals surface area contributed by atoms with Crippen LogP contribution in [0.4, 0.5) is 11.4 Å². The number of benzene rings is 4. The van der Waals surface area contributed by atoms with E-state index in [-0.39, 0.29) is 5.41 Å². The van der Waals surface area contributed by atoms with Crippen molar-refractivity contribution in [2.45, 2.75) is 32.6 Å². The minimum atomic E-state index is -0.00728. The molecule has 0 amide bonds. The van der Waals surface area contributed by atoms with E-state index < -0.39 is 0 Å². The van der Waals surface area contributed by atoms with Crippen LogP contribution in [0.1, 0.15) is 43.9 Å². The van der Waals surface area contributed by atoms with Gasteiger partial charge in [0.15, 0.2) is 0 Å². The average Bonchev–Trinajstić information content (AvgIpc) is 3.12. The Bertz CT molecular complexity index is 1470. The maximum atomic E-state index is 3.76. The smallest absolute Gasteiger partial charge is 0.0464 e. The van der Waals surface area contributed by atoms with Gasteiger partial charge in [-0.25, -0.2) is 0 Å². The summed E-state index contributed by atoms with van der Waals surface area (Å²) in [5.74, 6) is 0.614. The minimum absolute atomic E-state index is 0.00728. The molecule has 35 heavy (non-hydrogen) atoms. The Morgan fingerprint density at radius 1 is 0.714 bits per heavy atom. The Balaban J connectivity index is 1.40.